The van der Waals surface area contributed by atoms with E-state index in [0.717, 1.165) is 11.3 Å². The molecule has 0 bridgehead atoms. The van der Waals surface area contributed by atoms with Gasteiger partial charge in [-0.05, 0) is 50.1 Å². The number of hydrogen-bond acceptors (Lipinski definition) is 3. The second kappa shape index (κ2) is 12.1. The first-order chi connectivity index (χ1) is 12.4. The standard InChI is InChI=1S/C20H22Cl2N2O2/c1-3-24-19(9-5-8-18(22)12-15(2)21)14-23-13-16-6-4-7-17(11-10-16)20(25)26/h3-5,7-12,14,23H,6,13H2,1-2H3,(H,25,26)/b9-5+,15-12+,18-8+,19-14-,24-3?. The zero-order chi connectivity index (χ0) is 19.4. The lowest BCUT2D eigenvalue weighted by Gasteiger charge is -2.04. The highest BCUT2D eigenvalue weighted by atomic mass is 35.5. The first-order valence-corrected chi connectivity index (χ1v) is 8.77. The van der Waals surface area contributed by atoms with Crippen molar-refractivity contribution >= 4 is 35.4 Å². The van der Waals surface area contributed by atoms with E-state index >= 15 is 0 Å². The summed E-state index contributed by atoms with van der Waals surface area (Å²) in [4.78, 5) is 15.2. The minimum Gasteiger partial charge on any atom is -0.478 e. The van der Waals surface area contributed by atoms with E-state index in [1.165, 1.54) is 0 Å². The smallest absolute Gasteiger partial charge is 0.335 e. The highest BCUT2D eigenvalue weighted by molar-refractivity contribution is 6.34. The fourth-order valence-electron chi connectivity index (χ4n) is 1.98. The Hall–Kier alpha value is -2.30. The second-order valence-electron chi connectivity index (χ2n) is 5.34. The number of carboxylic acids is 1. The average Bonchev–Trinajstić information content (AvgIpc) is 2.80. The van der Waals surface area contributed by atoms with Gasteiger partial charge in [-0.3, -0.25) is 4.99 Å². The van der Waals surface area contributed by atoms with E-state index in [0.29, 0.717) is 23.0 Å². The van der Waals surface area contributed by atoms with Gasteiger partial charge in [0.2, 0.25) is 0 Å². The van der Waals surface area contributed by atoms with E-state index in [1.807, 2.05) is 25.2 Å². The summed E-state index contributed by atoms with van der Waals surface area (Å²) in [5, 5.41) is 13.3. The second-order valence-corrected chi connectivity index (χ2v) is 6.37. The molecule has 138 valence electrons. The molecule has 2 N–H and O–H groups in total. The summed E-state index contributed by atoms with van der Waals surface area (Å²) in [5.74, 6) is -0.928. The van der Waals surface area contributed by atoms with Crippen molar-refractivity contribution in [3.05, 3.63) is 81.7 Å². The van der Waals surface area contributed by atoms with Gasteiger partial charge in [0.1, 0.15) is 0 Å². The van der Waals surface area contributed by atoms with Crippen LogP contribution in [0.2, 0.25) is 0 Å². The van der Waals surface area contributed by atoms with Crippen molar-refractivity contribution in [1.82, 2.24) is 5.32 Å². The van der Waals surface area contributed by atoms with Gasteiger partial charge >= 0.3 is 5.97 Å². The van der Waals surface area contributed by atoms with Gasteiger partial charge in [-0.2, -0.15) is 0 Å². The lowest BCUT2D eigenvalue weighted by atomic mass is 10.2. The van der Waals surface area contributed by atoms with Crippen LogP contribution in [0.4, 0.5) is 0 Å². The molecule has 1 aliphatic rings. The molecule has 0 fully saturated rings. The molecular formula is C20H22Cl2N2O2. The molecule has 0 aliphatic heterocycles. The first kappa shape index (κ1) is 21.7. The van der Waals surface area contributed by atoms with Crippen LogP contribution < -0.4 is 5.32 Å². The van der Waals surface area contributed by atoms with Crippen LogP contribution in [0.5, 0.6) is 0 Å². The van der Waals surface area contributed by atoms with Crippen LogP contribution in [0, 0.1) is 0 Å². The minimum atomic E-state index is -0.928. The minimum absolute atomic E-state index is 0.277. The number of nitrogens with zero attached hydrogens (tertiary/aromatic N) is 1. The maximum absolute atomic E-state index is 11.0. The number of allylic oxidation sites excluding steroid dienone is 9. The first-order valence-electron chi connectivity index (χ1n) is 8.02. The topological polar surface area (TPSA) is 61.7 Å². The van der Waals surface area contributed by atoms with Crippen molar-refractivity contribution in [3.8, 4) is 0 Å². The molecule has 0 spiro atoms. The Kier molecular flexibility index (Phi) is 10.1. The molecule has 0 saturated heterocycles. The summed E-state index contributed by atoms with van der Waals surface area (Å²) < 4.78 is 0. The van der Waals surface area contributed by atoms with Crippen LogP contribution in [0.25, 0.3) is 0 Å². The van der Waals surface area contributed by atoms with Crippen molar-refractivity contribution in [2.45, 2.75) is 20.3 Å². The van der Waals surface area contributed by atoms with Crippen LogP contribution in [-0.4, -0.2) is 23.8 Å². The largest absolute Gasteiger partial charge is 0.478 e. The third kappa shape index (κ3) is 9.25. The Bertz CT molecular complexity index is 748. The van der Waals surface area contributed by atoms with Crippen LogP contribution in [0.3, 0.4) is 0 Å². The molecular weight excluding hydrogens is 371 g/mol. The molecule has 0 aromatic rings. The van der Waals surface area contributed by atoms with E-state index < -0.39 is 5.97 Å². The van der Waals surface area contributed by atoms with Gasteiger partial charge in [-0.15, -0.1) is 0 Å². The maximum Gasteiger partial charge on any atom is 0.335 e. The van der Waals surface area contributed by atoms with Crippen LogP contribution in [0.1, 0.15) is 20.3 Å². The lowest BCUT2D eigenvalue weighted by molar-refractivity contribution is -0.132. The lowest BCUT2D eigenvalue weighted by Crippen LogP contribution is -2.10. The van der Waals surface area contributed by atoms with Gasteiger partial charge < -0.3 is 10.4 Å². The Balaban J connectivity index is 2.72. The van der Waals surface area contributed by atoms with Crippen molar-refractivity contribution in [2.24, 2.45) is 4.99 Å². The molecule has 0 saturated carbocycles. The molecule has 0 heterocycles. The predicted octanol–water partition coefficient (Wildman–Crippen LogP) is 5.23. The van der Waals surface area contributed by atoms with E-state index in [9.17, 15) is 4.79 Å². The van der Waals surface area contributed by atoms with E-state index in [2.05, 4.69) is 10.3 Å². The summed E-state index contributed by atoms with van der Waals surface area (Å²) in [6.07, 6.45) is 18.1. The van der Waals surface area contributed by atoms with Crippen molar-refractivity contribution < 1.29 is 9.90 Å². The highest BCUT2D eigenvalue weighted by Gasteiger charge is 2.04. The number of aliphatic imine (C=N–C) groups is 1. The van der Waals surface area contributed by atoms with Gasteiger partial charge in [-0.1, -0.05) is 47.5 Å². The van der Waals surface area contributed by atoms with Gasteiger partial charge in [0.15, 0.2) is 0 Å². The zero-order valence-corrected chi connectivity index (χ0v) is 16.3. The summed E-state index contributed by atoms with van der Waals surface area (Å²) in [6, 6.07) is 0. The Morgan fingerprint density at radius 3 is 2.81 bits per heavy atom. The van der Waals surface area contributed by atoms with Gasteiger partial charge in [0.05, 0.1) is 11.3 Å². The number of aliphatic carboxylic acids is 1. The fraction of sp³-hybridized carbons (Fsp3) is 0.200. The predicted molar refractivity (Wildman–Crippen MR) is 110 cm³/mol. The van der Waals surface area contributed by atoms with E-state index in [-0.39, 0.29) is 5.57 Å². The molecule has 0 atom stereocenters. The van der Waals surface area contributed by atoms with Crippen LogP contribution in [-0.2, 0) is 4.79 Å². The van der Waals surface area contributed by atoms with Crippen LogP contribution in [0.15, 0.2) is 86.7 Å². The summed E-state index contributed by atoms with van der Waals surface area (Å²) in [5.41, 5.74) is 2.08. The molecule has 0 aromatic carbocycles. The van der Waals surface area contributed by atoms with Gasteiger partial charge in [-0.25, -0.2) is 4.79 Å². The molecule has 1 aliphatic carbocycles. The number of halogens is 2. The summed E-state index contributed by atoms with van der Waals surface area (Å²) in [6.45, 7) is 4.18. The van der Waals surface area contributed by atoms with E-state index in [1.54, 1.807) is 49.7 Å². The Labute approximate surface area is 164 Å². The summed E-state index contributed by atoms with van der Waals surface area (Å²) >= 11 is 11.8. The van der Waals surface area contributed by atoms with Crippen molar-refractivity contribution in [2.75, 3.05) is 6.54 Å². The zero-order valence-electron chi connectivity index (χ0n) is 14.7. The average molecular weight is 393 g/mol. The molecule has 0 unspecified atom stereocenters. The van der Waals surface area contributed by atoms with Crippen molar-refractivity contribution in [1.29, 1.82) is 0 Å². The molecule has 0 amide bonds. The molecule has 0 aromatic heterocycles. The highest BCUT2D eigenvalue weighted by Crippen LogP contribution is 2.12. The molecule has 4 nitrogen and oxygen atoms in total. The Morgan fingerprint density at radius 2 is 2.15 bits per heavy atom. The SMILES string of the molecule is CC=NC(=C\NCC1=CC=C(C(=O)O)C=CC1)/C=C/C=C(Cl)\C=C(/C)Cl. The monoisotopic (exact) mass is 392 g/mol. The molecule has 26 heavy (non-hydrogen) atoms. The third-order valence-electron chi connectivity index (χ3n) is 3.14. The quantitative estimate of drug-likeness (QED) is 0.439. The number of hydrogen-bond donors (Lipinski definition) is 2. The van der Waals surface area contributed by atoms with Gasteiger partial charge in [0.25, 0.3) is 0 Å². The molecule has 6 heteroatoms. The number of nitrogens with one attached hydrogen (secondary N) is 1. The summed E-state index contributed by atoms with van der Waals surface area (Å²) in [7, 11) is 0. The van der Waals surface area contributed by atoms with Crippen molar-refractivity contribution in [3.63, 3.8) is 0 Å². The fourth-order valence-corrected chi connectivity index (χ4v) is 2.39. The maximum atomic E-state index is 11.0. The normalized spacial score (nSPS) is 16.7. The molecule has 0 radical (unpaired) electrons. The van der Waals surface area contributed by atoms with Gasteiger partial charge in [0, 0.05) is 29.0 Å². The van der Waals surface area contributed by atoms with E-state index in [4.69, 9.17) is 28.3 Å². The number of carboxylic acid groups (broad SMARTS) is 1. The van der Waals surface area contributed by atoms with Crippen LogP contribution >= 0.6 is 23.2 Å². The third-order valence-corrected chi connectivity index (χ3v) is 3.48. The Morgan fingerprint density at radius 1 is 1.38 bits per heavy atom. The number of rotatable bonds is 8. The molecule has 1 rings (SSSR count). The number of carbonyl (C=O) groups is 1.